The Morgan fingerprint density at radius 3 is 2.60 bits per heavy atom. The molecule has 0 aromatic heterocycles. The predicted octanol–water partition coefficient (Wildman–Crippen LogP) is 2.27. The third-order valence-corrected chi connectivity index (χ3v) is 4.26. The maximum Gasteiger partial charge on any atom is 0.0431 e. The maximum absolute atomic E-state index is 8.76. The molecule has 0 aromatic carbocycles. The first-order valence-corrected chi connectivity index (χ1v) is 6.73. The number of hydrogen-bond donors (Lipinski definition) is 1. The van der Waals surface area contributed by atoms with E-state index in [0.29, 0.717) is 6.61 Å². The van der Waals surface area contributed by atoms with Crippen LogP contribution in [0.3, 0.4) is 0 Å². The molecular formula is C13H25NO. The van der Waals surface area contributed by atoms with Crippen LogP contribution in [0.25, 0.3) is 0 Å². The van der Waals surface area contributed by atoms with Crippen molar-refractivity contribution in [2.45, 2.75) is 44.9 Å². The summed E-state index contributed by atoms with van der Waals surface area (Å²) in [4.78, 5) is 2.63. The first-order valence-electron chi connectivity index (χ1n) is 6.73. The van der Waals surface area contributed by atoms with Crippen molar-refractivity contribution < 1.29 is 5.11 Å². The molecule has 1 N–H and O–H groups in total. The number of nitrogens with zero attached hydrogens (tertiary/aromatic N) is 1. The van der Waals surface area contributed by atoms with Crippen LogP contribution in [-0.4, -0.2) is 36.2 Å². The van der Waals surface area contributed by atoms with Crippen molar-refractivity contribution in [2.24, 2.45) is 11.8 Å². The highest BCUT2D eigenvalue weighted by atomic mass is 16.2. The highest BCUT2D eigenvalue weighted by molar-refractivity contribution is 4.83. The van der Waals surface area contributed by atoms with Gasteiger partial charge in [0.2, 0.25) is 0 Å². The Morgan fingerprint density at radius 1 is 1.00 bits per heavy atom. The number of rotatable bonds is 4. The minimum Gasteiger partial charge on any atom is -0.396 e. The molecule has 2 heteroatoms. The van der Waals surface area contributed by atoms with Crippen molar-refractivity contribution in [1.82, 2.24) is 4.90 Å². The number of unbranched alkanes of at least 4 members (excludes halogenated alkanes) is 1. The van der Waals surface area contributed by atoms with E-state index in [-0.39, 0.29) is 0 Å². The second-order valence-corrected chi connectivity index (χ2v) is 5.32. The average Bonchev–Trinajstić information content (AvgIpc) is 2.29. The monoisotopic (exact) mass is 211 g/mol. The van der Waals surface area contributed by atoms with E-state index < -0.39 is 0 Å². The van der Waals surface area contributed by atoms with Crippen molar-refractivity contribution in [3.8, 4) is 0 Å². The van der Waals surface area contributed by atoms with Crippen LogP contribution >= 0.6 is 0 Å². The van der Waals surface area contributed by atoms with Crippen molar-refractivity contribution in [3.63, 3.8) is 0 Å². The second-order valence-electron chi connectivity index (χ2n) is 5.32. The number of piperidine rings is 1. The second kappa shape index (κ2) is 5.86. The predicted molar refractivity (Wildman–Crippen MR) is 62.8 cm³/mol. The summed E-state index contributed by atoms with van der Waals surface area (Å²) in [5.41, 5.74) is 0. The molecule has 1 saturated carbocycles. The van der Waals surface area contributed by atoms with Gasteiger partial charge in [0, 0.05) is 13.2 Å². The van der Waals surface area contributed by atoms with Gasteiger partial charge in [-0.2, -0.15) is 0 Å². The molecule has 15 heavy (non-hydrogen) atoms. The summed E-state index contributed by atoms with van der Waals surface area (Å²) in [6.07, 6.45) is 9.50. The van der Waals surface area contributed by atoms with Gasteiger partial charge in [-0.05, 0) is 50.6 Å². The molecule has 2 fully saturated rings. The quantitative estimate of drug-likeness (QED) is 0.721. The van der Waals surface area contributed by atoms with Gasteiger partial charge < -0.3 is 10.0 Å². The number of hydrogen-bond acceptors (Lipinski definition) is 2. The van der Waals surface area contributed by atoms with E-state index in [4.69, 9.17) is 5.11 Å². The topological polar surface area (TPSA) is 23.5 Å². The van der Waals surface area contributed by atoms with Gasteiger partial charge in [0.25, 0.3) is 0 Å². The third-order valence-electron chi connectivity index (χ3n) is 4.26. The van der Waals surface area contributed by atoms with Crippen molar-refractivity contribution in [2.75, 3.05) is 26.2 Å². The Kier molecular flexibility index (Phi) is 4.45. The summed E-state index contributed by atoms with van der Waals surface area (Å²) < 4.78 is 0. The fourth-order valence-electron chi connectivity index (χ4n) is 3.33. The van der Waals surface area contributed by atoms with Crippen molar-refractivity contribution in [1.29, 1.82) is 0 Å². The lowest BCUT2D eigenvalue weighted by Gasteiger charge is -2.41. The highest BCUT2D eigenvalue weighted by Gasteiger charge is 2.30. The summed E-state index contributed by atoms with van der Waals surface area (Å²) in [5.74, 6) is 2.05. The Morgan fingerprint density at radius 2 is 1.80 bits per heavy atom. The number of likely N-dealkylation sites (tertiary alicyclic amines) is 1. The Balaban J connectivity index is 1.71. The molecule has 2 atom stereocenters. The molecule has 0 aromatic rings. The van der Waals surface area contributed by atoms with E-state index in [1.54, 1.807) is 0 Å². The zero-order chi connectivity index (χ0) is 10.5. The Hall–Kier alpha value is -0.0800. The van der Waals surface area contributed by atoms with Gasteiger partial charge in [-0.1, -0.05) is 19.3 Å². The molecule has 88 valence electrons. The number of fused-ring (bicyclic) bond motifs is 1. The molecule has 1 saturated heterocycles. The van der Waals surface area contributed by atoms with E-state index in [0.717, 1.165) is 18.3 Å². The van der Waals surface area contributed by atoms with Crippen LogP contribution in [0.4, 0.5) is 0 Å². The molecule has 0 amide bonds. The normalized spacial score (nSPS) is 32.6. The van der Waals surface area contributed by atoms with Crippen molar-refractivity contribution >= 4 is 0 Å². The van der Waals surface area contributed by atoms with E-state index in [1.165, 1.54) is 58.2 Å². The lowest BCUT2D eigenvalue weighted by Crippen LogP contribution is -2.42. The summed E-state index contributed by atoms with van der Waals surface area (Å²) in [6.45, 7) is 4.23. The molecule has 1 aliphatic carbocycles. The SMILES string of the molecule is OCCCCN1CCC2CCCCC2C1. The lowest BCUT2D eigenvalue weighted by molar-refractivity contribution is 0.0846. The van der Waals surface area contributed by atoms with Crippen LogP contribution in [0, 0.1) is 11.8 Å². The van der Waals surface area contributed by atoms with Gasteiger partial charge in [-0.15, -0.1) is 0 Å². The zero-order valence-electron chi connectivity index (χ0n) is 9.83. The molecule has 2 unspecified atom stereocenters. The van der Waals surface area contributed by atoms with Gasteiger partial charge in [0.1, 0.15) is 0 Å². The molecule has 2 aliphatic rings. The van der Waals surface area contributed by atoms with E-state index in [2.05, 4.69) is 4.90 Å². The smallest absolute Gasteiger partial charge is 0.0431 e. The van der Waals surface area contributed by atoms with E-state index >= 15 is 0 Å². The van der Waals surface area contributed by atoms with Crippen LogP contribution in [0.15, 0.2) is 0 Å². The maximum atomic E-state index is 8.76. The minimum atomic E-state index is 0.361. The Bertz CT molecular complexity index is 181. The molecular weight excluding hydrogens is 186 g/mol. The van der Waals surface area contributed by atoms with Crippen LogP contribution in [0.1, 0.15) is 44.9 Å². The largest absolute Gasteiger partial charge is 0.396 e. The summed E-state index contributed by atoms with van der Waals surface area (Å²) in [5, 5.41) is 8.76. The van der Waals surface area contributed by atoms with E-state index in [1.807, 2.05) is 0 Å². The number of aliphatic hydroxyl groups excluding tert-OH is 1. The number of aliphatic hydroxyl groups is 1. The molecule has 1 aliphatic heterocycles. The standard InChI is InChI=1S/C13H25NO/c15-10-4-3-8-14-9-7-12-5-1-2-6-13(12)11-14/h12-13,15H,1-11H2. The molecule has 2 nitrogen and oxygen atoms in total. The first kappa shape index (κ1) is 11.4. The zero-order valence-corrected chi connectivity index (χ0v) is 9.83. The molecule has 0 radical (unpaired) electrons. The van der Waals surface area contributed by atoms with Crippen LogP contribution in [-0.2, 0) is 0 Å². The summed E-state index contributed by atoms with van der Waals surface area (Å²) >= 11 is 0. The van der Waals surface area contributed by atoms with Gasteiger partial charge in [0.15, 0.2) is 0 Å². The third kappa shape index (κ3) is 3.18. The average molecular weight is 211 g/mol. The molecule has 1 heterocycles. The van der Waals surface area contributed by atoms with Gasteiger partial charge in [-0.3, -0.25) is 0 Å². The molecule has 0 bridgehead atoms. The van der Waals surface area contributed by atoms with Crippen LogP contribution < -0.4 is 0 Å². The van der Waals surface area contributed by atoms with Crippen LogP contribution in [0.5, 0.6) is 0 Å². The van der Waals surface area contributed by atoms with Crippen molar-refractivity contribution in [3.05, 3.63) is 0 Å². The fourth-order valence-corrected chi connectivity index (χ4v) is 3.33. The minimum absolute atomic E-state index is 0.361. The van der Waals surface area contributed by atoms with Gasteiger partial charge >= 0.3 is 0 Å². The van der Waals surface area contributed by atoms with Gasteiger partial charge in [-0.25, -0.2) is 0 Å². The first-order chi connectivity index (χ1) is 7.40. The molecule has 2 rings (SSSR count). The molecule has 0 spiro atoms. The van der Waals surface area contributed by atoms with Gasteiger partial charge in [0.05, 0.1) is 0 Å². The lowest BCUT2D eigenvalue weighted by atomic mass is 9.75. The van der Waals surface area contributed by atoms with E-state index in [9.17, 15) is 0 Å². The summed E-state index contributed by atoms with van der Waals surface area (Å²) in [6, 6.07) is 0. The highest BCUT2D eigenvalue weighted by Crippen LogP contribution is 2.35. The summed E-state index contributed by atoms with van der Waals surface area (Å²) in [7, 11) is 0. The Labute approximate surface area is 93.7 Å². The fraction of sp³-hybridized carbons (Fsp3) is 1.00. The van der Waals surface area contributed by atoms with Crippen LogP contribution in [0.2, 0.25) is 0 Å².